The molecule has 3 unspecified atom stereocenters. The van der Waals surface area contributed by atoms with Gasteiger partial charge in [0, 0.05) is 23.6 Å². The average Bonchev–Trinajstić information content (AvgIpc) is 2.13. The molecular weight excluding hydrogens is 198 g/mol. The zero-order chi connectivity index (χ0) is 11.0. The highest BCUT2D eigenvalue weighted by Gasteiger charge is 2.72. The lowest BCUT2D eigenvalue weighted by Crippen LogP contribution is -2.84. The van der Waals surface area contributed by atoms with Crippen molar-refractivity contribution < 1.29 is 4.74 Å². The van der Waals surface area contributed by atoms with E-state index in [1.807, 2.05) is 0 Å². The van der Waals surface area contributed by atoms with Crippen LogP contribution >= 0.6 is 0 Å². The molecule has 0 aromatic heterocycles. The Kier molecular flexibility index (Phi) is 1.76. The molecule has 5 aliphatic rings. The molecule has 2 nitrogen and oxygen atoms in total. The molecule has 5 fully saturated rings. The summed E-state index contributed by atoms with van der Waals surface area (Å²) in [5.41, 5.74) is 1.09. The predicted molar refractivity (Wildman–Crippen MR) is 63.3 cm³/mol. The fourth-order valence-corrected chi connectivity index (χ4v) is 5.43. The summed E-state index contributed by atoms with van der Waals surface area (Å²) in [6.07, 6.45) is 7.21. The normalized spacial score (nSPS) is 60.0. The van der Waals surface area contributed by atoms with Crippen LogP contribution in [0.15, 0.2) is 0 Å². The van der Waals surface area contributed by atoms with Gasteiger partial charge in [-0.25, -0.2) is 0 Å². The Bertz CT molecular complexity index is 319. The molecule has 0 radical (unpaired) electrons. The molecule has 2 aliphatic carbocycles. The van der Waals surface area contributed by atoms with Crippen LogP contribution in [0, 0.1) is 17.3 Å². The molecule has 3 atom stereocenters. The minimum Gasteiger partial charge on any atom is -0.381 e. The van der Waals surface area contributed by atoms with Crippen LogP contribution in [0.1, 0.15) is 39.0 Å². The largest absolute Gasteiger partial charge is 0.381 e. The first kappa shape index (κ1) is 9.90. The van der Waals surface area contributed by atoms with Gasteiger partial charge < -0.3 is 4.74 Å². The van der Waals surface area contributed by atoms with Crippen LogP contribution < -0.4 is 0 Å². The molecule has 4 bridgehead atoms. The fourth-order valence-electron chi connectivity index (χ4n) is 5.43. The summed E-state index contributed by atoms with van der Waals surface area (Å²) in [4.78, 5) is 2.66. The first-order valence-corrected chi connectivity index (χ1v) is 6.96. The molecule has 0 spiro atoms. The minimum absolute atomic E-state index is 0.525. The van der Waals surface area contributed by atoms with E-state index in [4.69, 9.17) is 4.74 Å². The molecule has 2 heteroatoms. The van der Waals surface area contributed by atoms with Gasteiger partial charge in [-0.3, -0.25) is 4.90 Å². The van der Waals surface area contributed by atoms with E-state index in [2.05, 4.69) is 18.9 Å². The topological polar surface area (TPSA) is 12.5 Å². The zero-order valence-electron chi connectivity index (χ0n) is 10.5. The van der Waals surface area contributed by atoms with E-state index >= 15 is 0 Å². The van der Waals surface area contributed by atoms with Crippen molar-refractivity contribution in [3.05, 3.63) is 0 Å². The van der Waals surface area contributed by atoms with Crippen LogP contribution in [0.2, 0.25) is 0 Å². The molecular formula is C14H23NO. The SMILES string of the molecule is CC1CC2COCC(C34CC(C3)N4C)(C1)C2. The number of ether oxygens (including phenoxy) is 1. The molecule has 90 valence electrons. The summed E-state index contributed by atoms with van der Waals surface area (Å²) in [5, 5.41) is 0. The Hall–Kier alpha value is -0.0800. The Morgan fingerprint density at radius 1 is 1.19 bits per heavy atom. The lowest BCUT2D eigenvalue weighted by molar-refractivity contribution is -0.288. The van der Waals surface area contributed by atoms with Gasteiger partial charge in [0.1, 0.15) is 0 Å². The van der Waals surface area contributed by atoms with Gasteiger partial charge in [-0.1, -0.05) is 6.92 Å². The highest BCUT2D eigenvalue weighted by Crippen LogP contribution is 2.67. The van der Waals surface area contributed by atoms with E-state index in [1.54, 1.807) is 0 Å². The van der Waals surface area contributed by atoms with E-state index in [9.17, 15) is 0 Å². The fraction of sp³-hybridized carbons (Fsp3) is 1.00. The van der Waals surface area contributed by atoms with E-state index < -0.39 is 0 Å². The Balaban J connectivity index is 1.68. The highest BCUT2D eigenvalue weighted by molar-refractivity contribution is 5.26. The number of hydrogen-bond donors (Lipinski definition) is 0. The van der Waals surface area contributed by atoms with Gasteiger partial charge in [-0.15, -0.1) is 0 Å². The predicted octanol–water partition coefficient (Wildman–Crippen LogP) is 2.29. The maximum absolute atomic E-state index is 5.96. The van der Waals surface area contributed by atoms with E-state index in [-0.39, 0.29) is 0 Å². The third kappa shape index (κ3) is 0.932. The van der Waals surface area contributed by atoms with Crippen LogP contribution in [0.5, 0.6) is 0 Å². The van der Waals surface area contributed by atoms with Crippen LogP contribution in [0.4, 0.5) is 0 Å². The number of nitrogens with zero attached hydrogens (tertiary/aromatic N) is 1. The van der Waals surface area contributed by atoms with Crippen molar-refractivity contribution in [3.63, 3.8) is 0 Å². The Morgan fingerprint density at radius 3 is 2.62 bits per heavy atom. The van der Waals surface area contributed by atoms with Crippen molar-refractivity contribution in [1.29, 1.82) is 0 Å². The summed E-state index contributed by atoms with van der Waals surface area (Å²) in [5.74, 6) is 1.78. The monoisotopic (exact) mass is 221 g/mol. The van der Waals surface area contributed by atoms with Gasteiger partial charge in [0.2, 0.25) is 0 Å². The Morgan fingerprint density at radius 2 is 2.00 bits per heavy atom. The molecule has 3 aliphatic heterocycles. The first-order chi connectivity index (χ1) is 7.65. The van der Waals surface area contributed by atoms with E-state index in [1.165, 1.54) is 32.1 Å². The first-order valence-electron chi connectivity index (χ1n) is 6.96. The Labute approximate surface area is 98.3 Å². The van der Waals surface area contributed by atoms with E-state index in [0.29, 0.717) is 11.0 Å². The third-order valence-electron chi connectivity index (χ3n) is 6.24. The average molecular weight is 221 g/mol. The smallest absolute Gasteiger partial charge is 0.0540 e. The molecule has 16 heavy (non-hydrogen) atoms. The van der Waals surface area contributed by atoms with Gasteiger partial charge in [0.05, 0.1) is 6.61 Å². The van der Waals surface area contributed by atoms with Crippen molar-refractivity contribution in [2.45, 2.75) is 50.6 Å². The third-order valence-corrected chi connectivity index (χ3v) is 6.24. The van der Waals surface area contributed by atoms with Crippen molar-refractivity contribution in [1.82, 2.24) is 4.90 Å². The number of hydrogen-bond acceptors (Lipinski definition) is 2. The summed E-state index contributed by atoms with van der Waals surface area (Å²) >= 11 is 0. The van der Waals surface area contributed by atoms with Crippen molar-refractivity contribution in [2.24, 2.45) is 17.3 Å². The molecule has 5 rings (SSSR count). The zero-order valence-corrected chi connectivity index (χ0v) is 10.5. The molecule has 0 amide bonds. The molecule has 3 saturated heterocycles. The summed E-state index contributed by atoms with van der Waals surface area (Å²) in [7, 11) is 2.34. The second-order valence-corrected chi connectivity index (χ2v) is 7.12. The summed E-state index contributed by atoms with van der Waals surface area (Å²) in [6, 6.07) is 0.923. The second-order valence-electron chi connectivity index (χ2n) is 7.12. The second kappa shape index (κ2) is 2.84. The molecule has 0 aromatic rings. The van der Waals surface area contributed by atoms with Crippen molar-refractivity contribution >= 4 is 0 Å². The van der Waals surface area contributed by atoms with Crippen molar-refractivity contribution in [3.8, 4) is 0 Å². The van der Waals surface area contributed by atoms with Crippen LogP contribution in [0.3, 0.4) is 0 Å². The van der Waals surface area contributed by atoms with Crippen molar-refractivity contribution in [2.75, 3.05) is 20.3 Å². The maximum atomic E-state index is 5.96. The van der Waals surface area contributed by atoms with Gasteiger partial charge in [-0.2, -0.15) is 0 Å². The number of fused-ring (bicyclic) bond motifs is 2. The lowest BCUT2D eigenvalue weighted by Gasteiger charge is -2.78. The van der Waals surface area contributed by atoms with Gasteiger partial charge in [0.25, 0.3) is 0 Å². The minimum atomic E-state index is 0.525. The summed E-state index contributed by atoms with van der Waals surface area (Å²) in [6.45, 7) is 4.54. The van der Waals surface area contributed by atoms with Crippen LogP contribution in [-0.2, 0) is 4.74 Å². The number of rotatable bonds is 1. The quantitative estimate of drug-likeness (QED) is 0.673. The standard InChI is InChI=1S/C14H23NO/c1-10-3-11-5-13(4-10,9-16-8-11)14-6-12(7-14)15(14)2/h10-12H,3-9H2,1-2H3. The highest BCUT2D eigenvalue weighted by atomic mass is 16.5. The maximum Gasteiger partial charge on any atom is 0.0540 e. The molecule has 3 heterocycles. The van der Waals surface area contributed by atoms with E-state index in [0.717, 1.165) is 31.1 Å². The van der Waals surface area contributed by atoms with Crippen LogP contribution in [-0.4, -0.2) is 36.7 Å². The molecule has 0 aromatic carbocycles. The summed E-state index contributed by atoms with van der Waals surface area (Å²) < 4.78 is 5.96. The lowest BCUT2D eigenvalue weighted by atomic mass is 9.43. The van der Waals surface area contributed by atoms with Crippen LogP contribution in [0.25, 0.3) is 0 Å². The van der Waals surface area contributed by atoms with Gasteiger partial charge in [0.15, 0.2) is 0 Å². The molecule has 0 N–H and O–H groups in total. The van der Waals surface area contributed by atoms with Gasteiger partial charge >= 0.3 is 0 Å². The van der Waals surface area contributed by atoms with Gasteiger partial charge in [-0.05, 0) is 51.0 Å². The molecule has 2 saturated carbocycles.